The summed E-state index contributed by atoms with van der Waals surface area (Å²) in [5.74, 6) is 3.34. The lowest BCUT2D eigenvalue weighted by molar-refractivity contribution is 0.275. The first-order chi connectivity index (χ1) is 8.29. The summed E-state index contributed by atoms with van der Waals surface area (Å²) in [6.07, 6.45) is 5.43. The van der Waals surface area contributed by atoms with Crippen LogP contribution in [0.2, 0.25) is 0 Å². The molecule has 92 valence electrons. The Morgan fingerprint density at radius 2 is 2.00 bits per heavy atom. The fraction of sp³-hybridized carbons (Fsp3) is 0.600. The molecular formula is C15H22N2. The van der Waals surface area contributed by atoms with Crippen molar-refractivity contribution in [3.63, 3.8) is 0 Å². The summed E-state index contributed by atoms with van der Waals surface area (Å²) in [6, 6.07) is 8.50. The highest BCUT2D eigenvalue weighted by Crippen LogP contribution is 2.57. The molecule has 2 bridgehead atoms. The van der Waals surface area contributed by atoms with Crippen LogP contribution in [0.1, 0.15) is 37.2 Å². The number of benzene rings is 1. The van der Waals surface area contributed by atoms with Crippen molar-refractivity contribution in [1.29, 1.82) is 0 Å². The molecule has 4 N–H and O–H groups in total. The van der Waals surface area contributed by atoms with Crippen LogP contribution in [-0.4, -0.2) is 6.54 Å². The predicted molar refractivity (Wildman–Crippen MR) is 71.6 cm³/mol. The topological polar surface area (TPSA) is 52.0 Å². The van der Waals surface area contributed by atoms with Gasteiger partial charge in [-0.25, -0.2) is 0 Å². The van der Waals surface area contributed by atoms with Crippen molar-refractivity contribution in [3.8, 4) is 0 Å². The minimum atomic E-state index is 0.723. The van der Waals surface area contributed by atoms with Gasteiger partial charge in [-0.05, 0) is 73.6 Å². The molecule has 4 unspecified atom stereocenters. The largest absolute Gasteiger partial charge is 0.399 e. The number of hydrogen-bond acceptors (Lipinski definition) is 2. The van der Waals surface area contributed by atoms with Gasteiger partial charge < -0.3 is 11.5 Å². The van der Waals surface area contributed by atoms with Crippen molar-refractivity contribution in [2.24, 2.45) is 23.5 Å². The molecule has 0 radical (unpaired) electrons. The Bertz CT molecular complexity index is 402. The number of hydrogen-bond donors (Lipinski definition) is 2. The summed E-state index contributed by atoms with van der Waals surface area (Å²) in [4.78, 5) is 0. The van der Waals surface area contributed by atoms with Crippen LogP contribution in [0, 0.1) is 17.8 Å². The highest BCUT2D eigenvalue weighted by atomic mass is 14.6. The second-order valence-corrected chi connectivity index (χ2v) is 5.77. The molecule has 3 rings (SSSR count). The van der Waals surface area contributed by atoms with Crippen molar-refractivity contribution < 1.29 is 0 Å². The monoisotopic (exact) mass is 230 g/mol. The van der Waals surface area contributed by atoms with Crippen molar-refractivity contribution in [3.05, 3.63) is 29.8 Å². The van der Waals surface area contributed by atoms with Gasteiger partial charge in [0.1, 0.15) is 0 Å². The van der Waals surface area contributed by atoms with Crippen LogP contribution in [-0.2, 0) is 0 Å². The van der Waals surface area contributed by atoms with E-state index >= 15 is 0 Å². The number of nitrogens with two attached hydrogens (primary N) is 2. The second-order valence-electron chi connectivity index (χ2n) is 5.77. The van der Waals surface area contributed by atoms with Crippen LogP contribution in [0.25, 0.3) is 0 Å². The van der Waals surface area contributed by atoms with Gasteiger partial charge in [-0.1, -0.05) is 12.1 Å². The standard InChI is InChI=1S/C15H22N2/c16-7-6-14-10-4-5-12(8-10)15(14)11-2-1-3-13(17)9-11/h1-3,9-10,12,14-15H,4-8,16-17H2. The number of nitrogen functional groups attached to an aromatic ring is 1. The van der Waals surface area contributed by atoms with E-state index in [-0.39, 0.29) is 0 Å². The molecule has 0 aromatic heterocycles. The Morgan fingerprint density at radius 3 is 2.76 bits per heavy atom. The molecule has 0 amide bonds. The van der Waals surface area contributed by atoms with Crippen molar-refractivity contribution in [2.45, 2.75) is 31.6 Å². The third kappa shape index (κ3) is 1.85. The van der Waals surface area contributed by atoms with Crippen molar-refractivity contribution >= 4 is 5.69 Å². The van der Waals surface area contributed by atoms with Crippen LogP contribution in [0.4, 0.5) is 5.69 Å². The van der Waals surface area contributed by atoms with E-state index in [4.69, 9.17) is 11.5 Å². The lowest BCUT2D eigenvalue weighted by Crippen LogP contribution is -2.23. The normalized spacial score (nSPS) is 35.4. The maximum Gasteiger partial charge on any atom is 0.0316 e. The first-order valence-electron chi connectivity index (χ1n) is 6.85. The van der Waals surface area contributed by atoms with E-state index in [1.807, 2.05) is 6.07 Å². The highest BCUT2D eigenvalue weighted by molar-refractivity contribution is 5.42. The summed E-state index contributed by atoms with van der Waals surface area (Å²) in [5.41, 5.74) is 14.1. The van der Waals surface area contributed by atoms with Gasteiger partial charge in [0.05, 0.1) is 0 Å². The summed E-state index contributed by atoms with van der Waals surface area (Å²) >= 11 is 0. The molecular weight excluding hydrogens is 208 g/mol. The van der Waals surface area contributed by atoms with Crippen molar-refractivity contribution in [1.82, 2.24) is 0 Å². The lowest BCUT2D eigenvalue weighted by Gasteiger charge is -2.31. The zero-order chi connectivity index (χ0) is 11.8. The van der Waals surface area contributed by atoms with Gasteiger partial charge in [-0.2, -0.15) is 0 Å². The van der Waals surface area contributed by atoms with E-state index in [9.17, 15) is 0 Å². The third-order valence-electron chi connectivity index (χ3n) is 4.88. The summed E-state index contributed by atoms with van der Waals surface area (Å²) in [6.45, 7) is 0.826. The molecule has 4 atom stereocenters. The molecule has 2 heteroatoms. The first-order valence-corrected chi connectivity index (χ1v) is 6.85. The molecule has 1 aromatic rings. The minimum absolute atomic E-state index is 0.723. The van der Waals surface area contributed by atoms with E-state index in [1.165, 1.54) is 31.2 Å². The fourth-order valence-electron chi connectivity index (χ4n) is 4.30. The summed E-state index contributed by atoms with van der Waals surface area (Å²) < 4.78 is 0. The van der Waals surface area contributed by atoms with Gasteiger partial charge in [0.2, 0.25) is 0 Å². The average molecular weight is 230 g/mol. The van der Waals surface area contributed by atoms with E-state index in [2.05, 4.69) is 18.2 Å². The first kappa shape index (κ1) is 11.1. The van der Waals surface area contributed by atoms with Gasteiger partial charge in [-0.15, -0.1) is 0 Å². The molecule has 2 aliphatic rings. The number of anilines is 1. The lowest BCUT2D eigenvalue weighted by atomic mass is 9.74. The average Bonchev–Trinajstić information content (AvgIpc) is 2.90. The molecule has 17 heavy (non-hydrogen) atoms. The van der Waals surface area contributed by atoms with Crippen LogP contribution >= 0.6 is 0 Å². The molecule has 0 saturated heterocycles. The molecule has 0 heterocycles. The summed E-state index contributed by atoms with van der Waals surface area (Å²) in [7, 11) is 0. The SMILES string of the molecule is NCCC1C2CCC(C2)C1c1cccc(N)c1. The Kier molecular flexibility index (Phi) is 2.83. The van der Waals surface area contributed by atoms with Gasteiger partial charge in [0.15, 0.2) is 0 Å². The predicted octanol–water partition coefficient (Wildman–Crippen LogP) is 2.75. The Morgan fingerprint density at radius 1 is 1.18 bits per heavy atom. The van der Waals surface area contributed by atoms with Gasteiger partial charge in [0.25, 0.3) is 0 Å². The van der Waals surface area contributed by atoms with Gasteiger partial charge in [-0.3, -0.25) is 0 Å². The van der Waals surface area contributed by atoms with E-state index in [0.717, 1.165) is 35.9 Å². The maximum atomic E-state index is 5.92. The fourth-order valence-corrected chi connectivity index (χ4v) is 4.30. The van der Waals surface area contributed by atoms with Gasteiger partial charge >= 0.3 is 0 Å². The molecule has 2 fully saturated rings. The van der Waals surface area contributed by atoms with Crippen LogP contribution < -0.4 is 11.5 Å². The Hall–Kier alpha value is -1.02. The van der Waals surface area contributed by atoms with Crippen LogP contribution in [0.3, 0.4) is 0 Å². The Balaban J connectivity index is 1.90. The number of rotatable bonds is 3. The molecule has 2 saturated carbocycles. The van der Waals surface area contributed by atoms with Gasteiger partial charge in [0, 0.05) is 5.69 Å². The molecule has 0 aliphatic heterocycles. The quantitative estimate of drug-likeness (QED) is 0.784. The molecule has 2 aliphatic carbocycles. The van der Waals surface area contributed by atoms with E-state index < -0.39 is 0 Å². The van der Waals surface area contributed by atoms with Crippen LogP contribution in [0.5, 0.6) is 0 Å². The van der Waals surface area contributed by atoms with E-state index in [1.54, 1.807) is 0 Å². The van der Waals surface area contributed by atoms with Crippen molar-refractivity contribution in [2.75, 3.05) is 12.3 Å². The third-order valence-corrected chi connectivity index (χ3v) is 4.88. The second kappa shape index (κ2) is 4.34. The molecule has 2 nitrogen and oxygen atoms in total. The summed E-state index contributed by atoms with van der Waals surface area (Å²) in [5, 5.41) is 0. The highest BCUT2D eigenvalue weighted by Gasteiger charge is 2.47. The van der Waals surface area contributed by atoms with Crippen LogP contribution in [0.15, 0.2) is 24.3 Å². The zero-order valence-electron chi connectivity index (χ0n) is 10.3. The Labute approximate surface area is 103 Å². The van der Waals surface area contributed by atoms with E-state index in [0.29, 0.717) is 0 Å². The zero-order valence-corrected chi connectivity index (χ0v) is 10.3. The number of fused-ring (bicyclic) bond motifs is 2. The minimum Gasteiger partial charge on any atom is -0.399 e. The molecule has 0 spiro atoms. The smallest absolute Gasteiger partial charge is 0.0316 e. The molecule has 1 aromatic carbocycles. The maximum absolute atomic E-state index is 5.92.